The highest BCUT2D eigenvalue weighted by atomic mass is 35.5. The summed E-state index contributed by atoms with van der Waals surface area (Å²) < 4.78 is 0. The number of hydrogen-bond acceptors (Lipinski definition) is 3. The fraction of sp³-hybridized carbons (Fsp3) is 0.0909. The van der Waals surface area contributed by atoms with Gasteiger partial charge in [-0.2, -0.15) is 5.10 Å². The summed E-state index contributed by atoms with van der Waals surface area (Å²) >= 11 is 6.49. The molecule has 4 aromatic rings. The molecule has 1 atom stereocenters. The standard InChI is InChI=1S/C22H17ClN4/c23-16-10-4-7-13-20(16)27-21(14-19(26-27)15-8-2-1-3-9-15)22-24-17-11-5-6-12-18(17)25-22/h1-13,21H,14H2,(H,24,25)/t21-/m0/s1. The first-order valence-electron chi connectivity index (χ1n) is 8.91. The van der Waals surface area contributed by atoms with E-state index in [0.717, 1.165) is 40.2 Å². The maximum Gasteiger partial charge on any atom is 0.132 e. The average molecular weight is 373 g/mol. The van der Waals surface area contributed by atoms with Gasteiger partial charge in [0.05, 0.1) is 27.5 Å². The number of halogens is 1. The van der Waals surface area contributed by atoms with E-state index in [1.165, 1.54) is 0 Å². The van der Waals surface area contributed by atoms with Gasteiger partial charge in [0, 0.05) is 6.42 Å². The number of hydrazone groups is 1. The van der Waals surface area contributed by atoms with E-state index < -0.39 is 0 Å². The summed E-state index contributed by atoms with van der Waals surface area (Å²) in [6.07, 6.45) is 0.759. The summed E-state index contributed by atoms with van der Waals surface area (Å²) in [5.74, 6) is 0.894. The number of para-hydroxylation sites is 3. The van der Waals surface area contributed by atoms with Crippen molar-refractivity contribution in [2.24, 2.45) is 5.10 Å². The molecular formula is C22H17ClN4. The molecule has 0 unspecified atom stereocenters. The van der Waals surface area contributed by atoms with Gasteiger partial charge in [0.25, 0.3) is 0 Å². The Hall–Kier alpha value is -3.11. The molecule has 1 N–H and O–H groups in total. The summed E-state index contributed by atoms with van der Waals surface area (Å²) in [4.78, 5) is 8.27. The second-order valence-corrected chi connectivity index (χ2v) is 6.98. The Kier molecular flexibility index (Phi) is 3.91. The first-order valence-corrected chi connectivity index (χ1v) is 9.29. The van der Waals surface area contributed by atoms with Gasteiger partial charge in [0.15, 0.2) is 0 Å². The van der Waals surface area contributed by atoms with Gasteiger partial charge >= 0.3 is 0 Å². The van der Waals surface area contributed by atoms with Crippen molar-refractivity contribution in [1.82, 2.24) is 9.97 Å². The van der Waals surface area contributed by atoms with E-state index in [1.54, 1.807) is 0 Å². The lowest BCUT2D eigenvalue weighted by Crippen LogP contribution is -2.20. The monoisotopic (exact) mass is 372 g/mol. The zero-order valence-corrected chi connectivity index (χ0v) is 15.3. The van der Waals surface area contributed by atoms with Gasteiger partial charge in [-0.05, 0) is 29.8 Å². The Balaban J connectivity index is 1.62. The minimum absolute atomic E-state index is 0.0347. The Labute approximate surface area is 162 Å². The van der Waals surface area contributed by atoms with E-state index in [9.17, 15) is 0 Å². The Morgan fingerprint density at radius 1 is 0.889 bits per heavy atom. The number of imidazole rings is 1. The van der Waals surface area contributed by atoms with Gasteiger partial charge in [0.2, 0.25) is 0 Å². The fourth-order valence-corrected chi connectivity index (χ4v) is 3.74. The molecule has 27 heavy (non-hydrogen) atoms. The number of nitrogens with one attached hydrogen (secondary N) is 1. The van der Waals surface area contributed by atoms with Crippen molar-refractivity contribution < 1.29 is 0 Å². The molecule has 5 rings (SSSR count). The van der Waals surface area contributed by atoms with Crippen molar-refractivity contribution in [1.29, 1.82) is 0 Å². The van der Waals surface area contributed by atoms with E-state index in [0.29, 0.717) is 5.02 Å². The third-order valence-electron chi connectivity index (χ3n) is 4.84. The van der Waals surface area contributed by atoms with Crippen LogP contribution in [0, 0.1) is 0 Å². The fourth-order valence-electron chi connectivity index (χ4n) is 3.52. The molecule has 0 spiro atoms. The zero-order valence-electron chi connectivity index (χ0n) is 14.5. The van der Waals surface area contributed by atoms with Crippen LogP contribution in [-0.2, 0) is 0 Å². The van der Waals surface area contributed by atoms with Crippen LogP contribution in [0.4, 0.5) is 5.69 Å². The van der Waals surface area contributed by atoms with Crippen molar-refractivity contribution >= 4 is 34.0 Å². The largest absolute Gasteiger partial charge is 0.340 e. The molecule has 0 saturated carbocycles. The molecule has 0 bridgehead atoms. The van der Waals surface area contributed by atoms with E-state index in [4.69, 9.17) is 21.7 Å². The molecule has 132 valence electrons. The number of H-pyrrole nitrogens is 1. The van der Waals surface area contributed by atoms with Crippen LogP contribution in [0.5, 0.6) is 0 Å². The number of aromatic amines is 1. The third-order valence-corrected chi connectivity index (χ3v) is 5.16. The smallest absolute Gasteiger partial charge is 0.132 e. The predicted molar refractivity (Wildman–Crippen MR) is 110 cm³/mol. The molecule has 5 heteroatoms. The Bertz CT molecular complexity index is 1100. The lowest BCUT2D eigenvalue weighted by Gasteiger charge is -2.22. The summed E-state index contributed by atoms with van der Waals surface area (Å²) in [6, 6.07) is 26.1. The van der Waals surface area contributed by atoms with E-state index in [-0.39, 0.29) is 6.04 Å². The summed E-state index contributed by atoms with van der Waals surface area (Å²) in [5, 5.41) is 7.59. The molecule has 0 fully saturated rings. The molecule has 0 radical (unpaired) electrons. The Morgan fingerprint density at radius 2 is 1.63 bits per heavy atom. The highest BCUT2D eigenvalue weighted by Crippen LogP contribution is 2.39. The molecule has 0 saturated heterocycles. The first kappa shape index (κ1) is 16.1. The maximum absolute atomic E-state index is 6.49. The lowest BCUT2D eigenvalue weighted by molar-refractivity contribution is 0.671. The van der Waals surface area contributed by atoms with Crippen molar-refractivity contribution in [2.45, 2.75) is 12.5 Å². The summed E-state index contributed by atoms with van der Waals surface area (Å²) in [6.45, 7) is 0. The second kappa shape index (κ2) is 6.56. The molecule has 1 aliphatic heterocycles. The summed E-state index contributed by atoms with van der Waals surface area (Å²) in [5.41, 5.74) is 5.02. The Morgan fingerprint density at radius 3 is 2.44 bits per heavy atom. The van der Waals surface area contributed by atoms with Gasteiger partial charge in [0.1, 0.15) is 11.9 Å². The molecule has 0 amide bonds. The molecule has 0 aliphatic carbocycles. The maximum atomic E-state index is 6.49. The minimum atomic E-state index is -0.0347. The van der Waals surface area contributed by atoms with Crippen LogP contribution >= 0.6 is 11.6 Å². The highest BCUT2D eigenvalue weighted by molar-refractivity contribution is 6.33. The van der Waals surface area contributed by atoms with Crippen molar-refractivity contribution in [3.05, 3.63) is 95.3 Å². The van der Waals surface area contributed by atoms with Crippen molar-refractivity contribution in [3.8, 4) is 0 Å². The highest BCUT2D eigenvalue weighted by Gasteiger charge is 2.33. The van der Waals surface area contributed by atoms with Crippen LogP contribution < -0.4 is 5.01 Å². The zero-order chi connectivity index (χ0) is 18.2. The van der Waals surface area contributed by atoms with Gasteiger partial charge in [-0.25, -0.2) is 4.98 Å². The number of anilines is 1. The SMILES string of the molecule is Clc1ccccc1N1N=C(c2ccccc2)C[C@H]1c1nc2ccccc2[nH]1. The quantitative estimate of drug-likeness (QED) is 0.510. The topological polar surface area (TPSA) is 44.3 Å². The van der Waals surface area contributed by atoms with Gasteiger partial charge in [-0.3, -0.25) is 5.01 Å². The van der Waals surface area contributed by atoms with Gasteiger partial charge in [-0.1, -0.05) is 66.2 Å². The van der Waals surface area contributed by atoms with Gasteiger partial charge < -0.3 is 4.98 Å². The van der Waals surface area contributed by atoms with Crippen molar-refractivity contribution in [3.63, 3.8) is 0 Å². The molecule has 1 aromatic heterocycles. The average Bonchev–Trinajstić information content (AvgIpc) is 3.33. The molecule has 4 nitrogen and oxygen atoms in total. The third kappa shape index (κ3) is 2.88. The number of benzene rings is 3. The molecule has 3 aromatic carbocycles. The predicted octanol–water partition coefficient (Wildman–Crippen LogP) is 5.57. The normalized spacial score (nSPS) is 16.7. The second-order valence-electron chi connectivity index (χ2n) is 6.57. The van der Waals surface area contributed by atoms with Crippen LogP contribution in [0.2, 0.25) is 5.02 Å². The number of hydrogen-bond donors (Lipinski definition) is 1. The molecule has 2 heterocycles. The number of rotatable bonds is 3. The number of aromatic nitrogens is 2. The lowest BCUT2D eigenvalue weighted by atomic mass is 10.0. The number of fused-ring (bicyclic) bond motifs is 1. The molecular weight excluding hydrogens is 356 g/mol. The van der Waals surface area contributed by atoms with Gasteiger partial charge in [-0.15, -0.1) is 0 Å². The minimum Gasteiger partial charge on any atom is -0.340 e. The van der Waals surface area contributed by atoms with Crippen LogP contribution in [-0.4, -0.2) is 15.7 Å². The van der Waals surface area contributed by atoms with Crippen LogP contribution in [0.15, 0.2) is 84.0 Å². The summed E-state index contributed by atoms with van der Waals surface area (Å²) in [7, 11) is 0. The van der Waals surface area contributed by atoms with Crippen LogP contribution in [0.3, 0.4) is 0 Å². The van der Waals surface area contributed by atoms with E-state index >= 15 is 0 Å². The molecule has 1 aliphatic rings. The van der Waals surface area contributed by atoms with Crippen molar-refractivity contribution in [2.75, 3.05) is 5.01 Å². The van der Waals surface area contributed by atoms with Crippen LogP contribution in [0.25, 0.3) is 11.0 Å². The number of nitrogens with zero attached hydrogens (tertiary/aromatic N) is 3. The first-order chi connectivity index (χ1) is 13.3. The van der Waals surface area contributed by atoms with E-state index in [2.05, 4.69) is 17.1 Å². The van der Waals surface area contributed by atoms with Crippen LogP contribution in [0.1, 0.15) is 23.9 Å². The van der Waals surface area contributed by atoms with E-state index in [1.807, 2.05) is 71.7 Å².